The predicted molar refractivity (Wildman–Crippen MR) is 128 cm³/mol. The maximum atomic E-state index is 5.98. The average molecular weight is 499 g/mol. The standard InChI is InChI=1S/C21H33N5O.HI/c1-5-25-10-12-26(13-11-25)16(2)14-23-21(22-4)24-15-20-17(3)18-8-6-7-9-19(18)27-20;/h6-9,16H,5,10-15H2,1-4H3,(H2,22,23,24);1H. The van der Waals surface area contributed by atoms with E-state index < -0.39 is 0 Å². The summed E-state index contributed by atoms with van der Waals surface area (Å²) >= 11 is 0. The summed E-state index contributed by atoms with van der Waals surface area (Å²) in [6.45, 7) is 13.9. The van der Waals surface area contributed by atoms with Crippen molar-refractivity contribution >= 4 is 40.9 Å². The fourth-order valence-electron chi connectivity index (χ4n) is 3.67. The van der Waals surface area contributed by atoms with Gasteiger partial charge >= 0.3 is 0 Å². The lowest BCUT2D eigenvalue weighted by atomic mass is 10.1. The summed E-state index contributed by atoms with van der Waals surface area (Å²) in [6, 6.07) is 8.65. The van der Waals surface area contributed by atoms with E-state index in [9.17, 15) is 0 Å². The fourth-order valence-corrected chi connectivity index (χ4v) is 3.67. The maximum absolute atomic E-state index is 5.98. The number of aryl methyl sites for hydroxylation is 1. The molecular weight excluding hydrogens is 465 g/mol. The molecule has 2 N–H and O–H groups in total. The summed E-state index contributed by atoms with van der Waals surface area (Å²) < 4.78 is 5.98. The molecule has 1 saturated heterocycles. The molecule has 2 aromatic rings. The Morgan fingerprint density at radius 2 is 1.89 bits per heavy atom. The molecule has 1 aliphatic rings. The second-order valence-corrected chi connectivity index (χ2v) is 7.27. The fraction of sp³-hybridized carbons (Fsp3) is 0.571. The highest BCUT2D eigenvalue weighted by molar-refractivity contribution is 14.0. The number of piperazine rings is 1. The van der Waals surface area contributed by atoms with Gasteiger partial charge < -0.3 is 20.0 Å². The molecule has 0 amide bonds. The van der Waals surface area contributed by atoms with Gasteiger partial charge in [-0.3, -0.25) is 9.89 Å². The van der Waals surface area contributed by atoms with E-state index in [4.69, 9.17) is 4.42 Å². The Kier molecular flexibility index (Phi) is 9.04. The summed E-state index contributed by atoms with van der Waals surface area (Å²) in [5, 5.41) is 8.02. The minimum atomic E-state index is 0. The van der Waals surface area contributed by atoms with Crippen molar-refractivity contribution in [3.63, 3.8) is 0 Å². The number of likely N-dealkylation sites (N-methyl/N-ethyl adjacent to an activating group) is 1. The third kappa shape index (κ3) is 5.61. The van der Waals surface area contributed by atoms with Crippen molar-refractivity contribution in [3.05, 3.63) is 35.6 Å². The van der Waals surface area contributed by atoms with Crippen molar-refractivity contribution < 1.29 is 4.42 Å². The van der Waals surface area contributed by atoms with Gasteiger partial charge in [0.25, 0.3) is 0 Å². The Balaban J connectivity index is 0.00000280. The van der Waals surface area contributed by atoms with Gasteiger partial charge in [-0.15, -0.1) is 24.0 Å². The second kappa shape index (κ2) is 11.0. The number of para-hydroxylation sites is 1. The van der Waals surface area contributed by atoms with Crippen molar-refractivity contribution in [1.82, 2.24) is 20.4 Å². The SMILES string of the molecule is CCN1CCN(C(C)CNC(=NC)NCc2oc3ccccc3c2C)CC1.I. The molecule has 156 valence electrons. The van der Waals surface area contributed by atoms with Crippen LogP contribution in [0.25, 0.3) is 11.0 Å². The number of furan rings is 1. The number of aliphatic imine (C=N–C) groups is 1. The minimum absolute atomic E-state index is 0. The van der Waals surface area contributed by atoms with Crippen molar-refractivity contribution in [2.45, 2.75) is 33.4 Å². The van der Waals surface area contributed by atoms with Crippen LogP contribution >= 0.6 is 24.0 Å². The van der Waals surface area contributed by atoms with Crippen LogP contribution in [0.1, 0.15) is 25.2 Å². The zero-order chi connectivity index (χ0) is 19.2. The third-order valence-electron chi connectivity index (χ3n) is 5.62. The zero-order valence-corrected chi connectivity index (χ0v) is 19.8. The lowest BCUT2D eigenvalue weighted by molar-refractivity contribution is 0.107. The highest BCUT2D eigenvalue weighted by atomic mass is 127. The molecular formula is C21H34IN5O. The molecule has 2 heterocycles. The van der Waals surface area contributed by atoms with E-state index in [1.165, 1.54) is 24.0 Å². The number of nitrogens with zero attached hydrogens (tertiary/aromatic N) is 3. The van der Waals surface area contributed by atoms with Crippen LogP contribution in [0.15, 0.2) is 33.7 Å². The number of rotatable bonds is 6. The summed E-state index contributed by atoms with van der Waals surface area (Å²) in [7, 11) is 1.81. The Morgan fingerprint density at radius 1 is 1.18 bits per heavy atom. The van der Waals surface area contributed by atoms with Gasteiger partial charge in [0.2, 0.25) is 0 Å². The predicted octanol–water partition coefficient (Wildman–Crippen LogP) is 3.05. The van der Waals surface area contributed by atoms with Crippen molar-refractivity contribution in [2.75, 3.05) is 46.3 Å². The Hall–Kier alpha value is -1.32. The van der Waals surface area contributed by atoms with Crippen LogP contribution in [-0.2, 0) is 6.54 Å². The van der Waals surface area contributed by atoms with E-state index >= 15 is 0 Å². The maximum Gasteiger partial charge on any atom is 0.191 e. The van der Waals surface area contributed by atoms with Gasteiger partial charge in [-0.05, 0) is 26.5 Å². The number of benzene rings is 1. The lowest BCUT2D eigenvalue weighted by Crippen LogP contribution is -2.53. The molecule has 0 spiro atoms. The van der Waals surface area contributed by atoms with E-state index in [0.29, 0.717) is 12.6 Å². The van der Waals surface area contributed by atoms with E-state index in [-0.39, 0.29) is 24.0 Å². The lowest BCUT2D eigenvalue weighted by Gasteiger charge is -2.37. The molecule has 6 nitrogen and oxygen atoms in total. The van der Waals surface area contributed by atoms with Gasteiger partial charge in [-0.1, -0.05) is 25.1 Å². The van der Waals surface area contributed by atoms with Gasteiger partial charge in [0, 0.05) is 56.8 Å². The number of guanidine groups is 1. The zero-order valence-electron chi connectivity index (χ0n) is 17.5. The van der Waals surface area contributed by atoms with Gasteiger partial charge in [-0.25, -0.2) is 0 Å². The first-order valence-corrected chi connectivity index (χ1v) is 10.00. The number of halogens is 1. The smallest absolute Gasteiger partial charge is 0.191 e. The normalized spacial score (nSPS) is 17.4. The largest absolute Gasteiger partial charge is 0.459 e. The van der Waals surface area contributed by atoms with Crippen molar-refractivity contribution in [3.8, 4) is 0 Å². The molecule has 3 rings (SSSR count). The molecule has 28 heavy (non-hydrogen) atoms. The van der Waals surface area contributed by atoms with E-state index in [0.717, 1.165) is 43.5 Å². The Bertz CT molecular complexity index is 767. The second-order valence-electron chi connectivity index (χ2n) is 7.27. The molecule has 0 aliphatic carbocycles. The number of hydrogen-bond donors (Lipinski definition) is 2. The molecule has 0 saturated carbocycles. The van der Waals surface area contributed by atoms with Crippen molar-refractivity contribution in [1.29, 1.82) is 0 Å². The van der Waals surface area contributed by atoms with E-state index in [1.807, 2.05) is 25.2 Å². The first kappa shape index (κ1) is 23.0. The summed E-state index contributed by atoms with van der Waals surface area (Å²) in [6.07, 6.45) is 0. The number of nitrogens with one attached hydrogen (secondary N) is 2. The summed E-state index contributed by atoms with van der Waals surface area (Å²) in [4.78, 5) is 9.41. The molecule has 7 heteroatoms. The van der Waals surface area contributed by atoms with Crippen LogP contribution in [0.2, 0.25) is 0 Å². The van der Waals surface area contributed by atoms with Crippen LogP contribution in [0, 0.1) is 6.92 Å². The first-order chi connectivity index (χ1) is 13.1. The number of hydrogen-bond acceptors (Lipinski definition) is 4. The summed E-state index contributed by atoms with van der Waals surface area (Å²) in [5.41, 5.74) is 2.13. The van der Waals surface area contributed by atoms with E-state index in [2.05, 4.69) is 52.3 Å². The topological polar surface area (TPSA) is 56.0 Å². The average Bonchev–Trinajstić information content (AvgIpc) is 3.04. The molecule has 1 aromatic heterocycles. The molecule has 1 fully saturated rings. The highest BCUT2D eigenvalue weighted by Crippen LogP contribution is 2.24. The van der Waals surface area contributed by atoms with Crippen LogP contribution in [0.5, 0.6) is 0 Å². The Labute approximate surface area is 185 Å². The Morgan fingerprint density at radius 3 is 2.54 bits per heavy atom. The third-order valence-corrected chi connectivity index (χ3v) is 5.62. The molecule has 0 bridgehead atoms. The number of fused-ring (bicyclic) bond motifs is 1. The van der Waals surface area contributed by atoms with Gasteiger partial charge in [0.15, 0.2) is 5.96 Å². The van der Waals surface area contributed by atoms with E-state index in [1.54, 1.807) is 0 Å². The minimum Gasteiger partial charge on any atom is -0.459 e. The monoisotopic (exact) mass is 499 g/mol. The van der Waals surface area contributed by atoms with Crippen LogP contribution in [-0.4, -0.2) is 68.1 Å². The molecule has 1 unspecified atom stereocenters. The van der Waals surface area contributed by atoms with Crippen LogP contribution < -0.4 is 10.6 Å². The first-order valence-electron chi connectivity index (χ1n) is 10.00. The molecule has 1 aliphatic heterocycles. The summed E-state index contributed by atoms with van der Waals surface area (Å²) in [5.74, 6) is 1.77. The van der Waals surface area contributed by atoms with Gasteiger partial charge in [0.1, 0.15) is 11.3 Å². The molecule has 1 atom stereocenters. The van der Waals surface area contributed by atoms with Crippen LogP contribution in [0.3, 0.4) is 0 Å². The van der Waals surface area contributed by atoms with Crippen LogP contribution in [0.4, 0.5) is 0 Å². The highest BCUT2D eigenvalue weighted by Gasteiger charge is 2.20. The molecule has 1 aromatic carbocycles. The van der Waals surface area contributed by atoms with Gasteiger partial charge in [0.05, 0.1) is 6.54 Å². The molecule has 0 radical (unpaired) electrons. The quantitative estimate of drug-likeness (QED) is 0.364. The van der Waals surface area contributed by atoms with Crippen molar-refractivity contribution in [2.24, 2.45) is 4.99 Å². The van der Waals surface area contributed by atoms with Gasteiger partial charge in [-0.2, -0.15) is 0 Å².